The number of nitrogens with zero attached hydrogens (tertiary/aromatic N) is 1. The number of ether oxygens (including phenoxy) is 1. The van der Waals surface area contributed by atoms with Gasteiger partial charge in [-0.3, -0.25) is 0 Å². The number of rotatable bonds is 8. The molecule has 8 heteroatoms. The molecule has 0 saturated heterocycles. The molecule has 3 aromatic rings. The van der Waals surface area contributed by atoms with Gasteiger partial charge in [0.2, 0.25) is 5.88 Å². The number of thioether (sulfide) groups is 1. The molecular formula is C21H18F2N2O3S. The van der Waals surface area contributed by atoms with Crippen LogP contribution in [0.1, 0.15) is 5.56 Å². The molecule has 0 fully saturated rings. The van der Waals surface area contributed by atoms with Gasteiger partial charge in [-0.05, 0) is 48.2 Å². The van der Waals surface area contributed by atoms with Crippen LogP contribution in [-0.2, 0) is 11.3 Å². The highest BCUT2D eigenvalue weighted by molar-refractivity contribution is 8.01. The van der Waals surface area contributed by atoms with Crippen LogP contribution in [-0.4, -0.2) is 28.4 Å². The van der Waals surface area contributed by atoms with E-state index in [0.29, 0.717) is 18.1 Å². The first-order valence-corrected chi connectivity index (χ1v) is 9.44. The van der Waals surface area contributed by atoms with Crippen LogP contribution in [0.2, 0.25) is 0 Å². The maximum absolute atomic E-state index is 13.3. The van der Waals surface area contributed by atoms with Gasteiger partial charge in [0.15, 0.2) is 0 Å². The minimum Gasteiger partial charge on any atom is -0.481 e. The molecular weight excluding hydrogens is 398 g/mol. The van der Waals surface area contributed by atoms with Gasteiger partial charge in [-0.2, -0.15) is 8.78 Å². The Morgan fingerprint density at radius 1 is 1.10 bits per heavy atom. The number of hydrogen-bond donors (Lipinski definition) is 2. The van der Waals surface area contributed by atoms with Crippen LogP contribution < -0.4 is 10.1 Å². The summed E-state index contributed by atoms with van der Waals surface area (Å²) < 4.78 is 31.9. The van der Waals surface area contributed by atoms with Crippen LogP contribution >= 0.6 is 11.8 Å². The molecule has 0 atom stereocenters. The molecule has 0 amide bonds. The molecule has 0 bridgehead atoms. The summed E-state index contributed by atoms with van der Waals surface area (Å²) in [6.45, 7) is 0.420. The van der Waals surface area contributed by atoms with Crippen molar-refractivity contribution in [1.29, 1.82) is 0 Å². The summed E-state index contributed by atoms with van der Waals surface area (Å²) in [5.74, 6) is -1.67. The maximum Gasteiger partial charge on any atom is 0.393 e. The molecule has 0 aliphatic carbocycles. The van der Waals surface area contributed by atoms with Gasteiger partial charge in [0.1, 0.15) is 0 Å². The quantitative estimate of drug-likeness (QED) is 0.496. The van der Waals surface area contributed by atoms with Crippen molar-refractivity contribution in [2.45, 2.75) is 16.7 Å². The summed E-state index contributed by atoms with van der Waals surface area (Å²) in [4.78, 5) is 15.2. The zero-order valence-corrected chi connectivity index (χ0v) is 16.2. The van der Waals surface area contributed by atoms with Gasteiger partial charge in [-0.15, -0.1) is 0 Å². The fourth-order valence-electron chi connectivity index (χ4n) is 2.58. The summed E-state index contributed by atoms with van der Waals surface area (Å²) in [6.07, 6.45) is 0. The van der Waals surface area contributed by atoms with Crippen molar-refractivity contribution in [3.8, 4) is 17.1 Å². The average molecular weight is 416 g/mol. The molecule has 0 unspecified atom stereocenters. The maximum atomic E-state index is 13.3. The molecule has 1 aromatic heterocycles. The van der Waals surface area contributed by atoms with E-state index >= 15 is 0 Å². The molecule has 0 aliphatic rings. The monoisotopic (exact) mass is 416 g/mol. The van der Waals surface area contributed by atoms with Gasteiger partial charge in [-0.1, -0.05) is 30.3 Å². The molecule has 0 aliphatic heterocycles. The molecule has 3 rings (SSSR count). The van der Waals surface area contributed by atoms with Gasteiger partial charge in [0.05, 0.1) is 12.8 Å². The predicted octanol–water partition coefficient (Wildman–Crippen LogP) is 5.14. The molecule has 5 nitrogen and oxygen atoms in total. The van der Waals surface area contributed by atoms with E-state index in [0.717, 1.165) is 16.8 Å². The second-order valence-corrected chi connectivity index (χ2v) is 7.22. The Hall–Kier alpha value is -3.13. The second-order valence-electron chi connectivity index (χ2n) is 6.03. The lowest BCUT2D eigenvalue weighted by atomic mass is 10.1. The topological polar surface area (TPSA) is 71.5 Å². The summed E-state index contributed by atoms with van der Waals surface area (Å²) >= 11 is -0.00792. The molecule has 0 radical (unpaired) electrons. The third-order valence-electron chi connectivity index (χ3n) is 4.03. The molecule has 150 valence electrons. The molecule has 29 heavy (non-hydrogen) atoms. The van der Waals surface area contributed by atoms with Crippen LogP contribution in [0.4, 0.5) is 14.5 Å². The van der Waals surface area contributed by atoms with E-state index in [1.165, 1.54) is 12.1 Å². The first-order chi connectivity index (χ1) is 13.9. The molecule has 2 N–H and O–H groups in total. The fourth-order valence-corrected chi connectivity index (χ4v) is 3.24. The van der Waals surface area contributed by atoms with Crippen molar-refractivity contribution in [3.63, 3.8) is 0 Å². The fraction of sp³-hybridized carbons (Fsp3) is 0.143. The van der Waals surface area contributed by atoms with Gasteiger partial charge in [0.25, 0.3) is 0 Å². The van der Waals surface area contributed by atoms with Crippen LogP contribution in [0.25, 0.3) is 11.3 Å². The normalized spacial score (nSPS) is 11.1. The number of carbonyl (C=O) groups is 1. The van der Waals surface area contributed by atoms with Gasteiger partial charge in [0, 0.05) is 28.3 Å². The van der Waals surface area contributed by atoms with E-state index in [1.807, 2.05) is 42.5 Å². The summed E-state index contributed by atoms with van der Waals surface area (Å²) in [5.41, 5.74) is 3.31. The number of nitrogens with one attached hydrogen (secondary N) is 1. The standard InChI is InChI=1S/C21H18F2N2O3S/c1-28-19-15(7-12-18(25-19)14-5-3-2-4-6-14)13-24-16-8-10-17(11-9-16)29-21(22,23)20(26)27/h2-12,24H,13H2,1H3,(H,26,27). The smallest absolute Gasteiger partial charge is 0.393 e. The Bertz CT molecular complexity index is 983. The number of carboxylic acid groups (broad SMARTS) is 1. The van der Waals surface area contributed by atoms with Gasteiger partial charge < -0.3 is 15.2 Å². The Balaban J connectivity index is 1.67. The SMILES string of the molecule is COc1nc(-c2ccccc2)ccc1CNc1ccc(SC(F)(F)C(=O)O)cc1. The summed E-state index contributed by atoms with van der Waals surface area (Å²) in [6, 6.07) is 19.7. The van der Waals surface area contributed by atoms with E-state index in [2.05, 4.69) is 10.3 Å². The lowest BCUT2D eigenvalue weighted by Gasteiger charge is -2.13. The van der Waals surface area contributed by atoms with Gasteiger partial charge >= 0.3 is 11.2 Å². The van der Waals surface area contributed by atoms with Crippen molar-refractivity contribution in [3.05, 3.63) is 72.3 Å². The third-order valence-corrected chi connectivity index (χ3v) is 4.97. The van der Waals surface area contributed by atoms with E-state index in [1.54, 1.807) is 19.2 Å². The molecule has 1 heterocycles. The average Bonchev–Trinajstić information content (AvgIpc) is 2.73. The number of hydrogen-bond acceptors (Lipinski definition) is 5. The van der Waals surface area contributed by atoms with Crippen molar-refractivity contribution in [1.82, 2.24) is 4.98 Å². The van der Waals surface area contributed by atoms with E-state index in [4.69, 9.17) is 9.84 Å². The lowest BCUT2D eigenvalue weighted by Crippen LogP contribution is -2.23. The number of anilines is 1. The van der Waals surface area contributed by atoms with E-state index in [9.17, 15) is 13.6 Å². The number of alkyl halides is 2. The molecule has 2 aromatic carbocycles. The van der Waals surface area contributed by atoms with Crippen molar-refractivity contribution in [2.24, 2.45) is 0 Å². The Kier molecular flexibility index (Phi) is 6.33. The van der Waals surface area contributed by atoms with Crippen LogP contribution in [0, 0.1) is 0 Å². The Morgan fingerprint density at radius 2 is 1.79 bits per heavy atom. The number of benzene rings is 2. The number of halogens is 2. The second kappa shape index (κ2) is 8.91. The number of methoxy groups -OCH3 is 1. The van der Waals surface area contributed by atoms with Crippen molar-refractivity contribution in [2.75, 3.05) is 12.4 Å². The summed E-state index contributed by atoms with van der Waals surface area (Å²) in [7, 11) is 1.55. The van der Waals surface area contributed by atoms with E-state index in [-0.39, 0.29) is 16.7 Å². The van der Waals surface area contributed by atoms with Gasteiger partial charge in [-0.25, -0.2) is 9.78 Å². The van der Waals surface area contributed by atoms with Crippen LogP contribution in [0.15, 0.2) is 71.6 Å². The zero-order chi connectivity index (χ0) is 20.9. The Morgan fingerprint density at radius 3 is 2.41 bits per heavy atom. The highest BCUT2D eigenvalue weighted by Gasteiger charge is 2.40. The van der Waals surface area contributed by atoms with Crippen LogP contribution in [0.3, 0.4) is 0 Å². The Labute approximate surface area is 170 Å². The lowest BCUT2D eigenvalue weighted by molar-refractivity contribution is -0.152. The number of aliphatic carboxylic acids is 1. The minimum atomic E-state index is -3.87. The van der Waals surface area contributed by atoms with Crippen molar-refractivity contribution >= 4 is 23.4 Å². The first kappa shape index (κ1) is 20.6. The van der Waals surface area contributed by atoms with Crippen LogP contribution in [0.5, 0.6) is 5.88 Å². The van der Waals surface area contributed by atoms with Crippen molar-refractivity contribution < 1.29 is 23.4 Å². The zero-order valence-electron chi connectivity index (χ0n) is 15.4. The largest absolute Gasteiger partial charge is 0.481 e. The third kappa shape index (κ3) is 5.23. The predicted molar refractivity (Wildman–Crippen MR) is 108 cm³/mol. The number of carboxylic acids is 1. The highest BCUT2D eigenvalue weighted by atomic mass is 32.2. The number of pyridine rings is 1. The molecule has 0 spiro atoms. The number of aromatic nitrogens is 1. The highest BCUT2D eigenvalue weighted by Crippen LogP contribution is 2.36. The van der Waals surface area contributed by atoms with E-state index < -0.39 is 11.2 Å². The molecule has 0 saturated carbocycles. The minimum absolute atomic E-state index is 0.00792. The first-order valence-electron chi connectivity index (χ1n) is 8.62. The summed E-state index contributed by atoms with van der Waals surface area (Å²) in [5, 5.41) is 7.82.